The zero-order valence-electron chi connectivity index (χ0n) is 6.38. The third kappa shape index (κ3) is 1.71. The first-order valence-corrected chi connectivity index (χ1v) is 4.05. The van der Waals surface area contributed by atoms with E-state index in [0.29, 0.717) is 21.3 Å². The highest BCUT2D eigenvalue weighted by Crippen LogP contribution is 2.24. The highest BCUT2D eigenvalue weighted by Gasteiger charge is 2.07. The molecule has 0 aliphatic rings. The van der Waals surface area contributed by atoms with Crippen molar-refractivity contribution in [2.75, 3.05) is 0 Å². The van der Waals surface area contributed by atoms with Gasteiger partial charge in [-0.1, -0.05) is 34.4 Å². The fraction of sp³-hybridized carbons (Fsp3) is 0.125. The number of oxime groups is 1. The van der Waals surface area contributed by atoms with Crippen molar-refractivity contribution >= 4 is 28.9 Å². The molecule has 0 unspecified atom stereocenters. The van der Waals surface area contributed by atoms with E-state index in [1.54, 1.807) is 25.1 Å². The van der Waals surface area contributed by atoms with Crippen LogP contribution in [0.15, 0.2) is 23.4 Å². The van der Waals surface area contributed by atoms with E-state index in [4.69, 9.17) is 28.4 Å². The Kier molecular flexibility index (Phi) is 2.95. The first-order chi connectivity index (χ1) is 5.66. The SMILES string of the molecule is C/C(=N/O)c1c(Cl)cccc1Cl. The van der Waals surface area contributed by atoms with Crippen molar-refractivity contribution in [2.45, 2.75) is 6.92 Å². The summed E-state index contributed by atoms with van der Waals surface area (Å²) in [4.78, 5) is 0. The van der Waals surface area contributed by atoms with Crippen LogP contribution in [0, 0.1) is 0 Å². The van der Waals surface area contributed by atoms with Crippen molar-refractivity contribution in [3.05, 3.63) is 33.8 Å². The molecule has 1 rings (SSSR count). The number of rotatable bonds is 1. The monoisotopic (exact) mass is 203 g/mol. The molecular formula is C8H7Cl2NO. The summed E-state index contributed by atoms with van der Waals surface area (Å²) < 4.78 is 0. The summed E-state index contributed by atoms with van der Waals surface area (Å²) in [6.45, 7) is 1.63. The molecule has 0 fully saturated rings. The Bertz CT molecular complexity index is 303. The largest absolute Gasteiger partial charge is 0.411 e. The lowest BCUT2D eigenvalue weighted by molar-refractivity contribution is 0.319. The van der Waals surface area contributed by atoms with Crippen molar-refractivity contribution < 1.29 is 5.21 Å². The van der Waals surface area contributed by atoms with Crippen LogP contribution < -0.4 is 0 Å². The van der Waals surface area contributed by atoms with Gasteiger partial charge in [0.1, 0.15) is 0 Å². The van der Waals surface area contributed by atoms with Crippen LogP contribution in [0.5, 0.6) is 0 Å². The van der Waals surface area contributed by atoms with Crippen LogP contribution in [-0.2, 0) is 0 Å². The predicted molar refractivity (Wildman–Crippen MR) is 50.5 cm³/mol. The highest BCUT2D eigenvalue weighted by atomic mass is 35.5. The Morgan fingerprint density at radius 3 is 2.25 bits per heavy atom. The number of benzene rings is 1. The van der Waals surface area contributed by atoms with E-state index in [1.807, 2.05) is 0 Å². The minimum absolute atomic E-state index is 0.408. The standard InChI is InChI=1S/C8H7Cl2NO/c1-5(11-12)8-6(9)3-2-4-7(8)10/h2-4,12H,1H3/b11-5-. The summed E-state index contributed by atoms with van der Waals surface area (Å²) in [6.07, 6.45) is 0. The molecule has 0 radical (unpaired) electrons. The molecule has 0 atom stereocenters. The van der Waals surface area contributed by atoms with Gasteiger partial charge in [-0.15, -0.1) is 0 Å². The Labute approximate surface area is 80.4 Å². The molecule has 1 N–H and O–H groups in total. The summed E-state index contributed by atoms with van der Waals surface area (Å²) in [5, 5.41) is 12.5. The molecule has 2 nitrogen and oxygen atoms in total. The molecular weight excluding hydrogens is 197 g/mol. The van der Waals surface area contributed by atoms with Crippen LogP contribution in [0.3, 0.4) is 0 Å². The summed E-state index contributed by atoms with van der Waals surface area (Å²) in [7, 11) is 0. The molecule has 1 aromatic rings. The average Bonchev–Trinajstić information content (AvgIpc) is 2.03. The molecule has 0 aromatic heterocycles. The molecule has 1 aromatic carbocycles. The van der Waals surface area contributed by atoms with Crippen LogP contribution >= 0.6 is 23.2 Å². The van der Waals surface area contributed by atoms with E-state index in [-0.39, 0.29) is 0 Å². The molecule has 0 heterocycles. The van der Waals surface area contributed by atoms with Crippen LogP contribution in [0.2, 0.25) is 10.0 Å². The van der Waals surface area contributed by atoms with Crippen LogP contribution in [0.25, 0.3) is 0 Å². The number of hydrogen-bond acceptors (Lipinski definition) is 2. The van der Waals surface area contributed by atoms with Crippen LogP contribution in [-0.4, -0.2) is 10.9 Å². The molecule has 12 heavy (non-hydrogen) atoms. The summed E-state index contributed by atoms with van der Waals surface area (Å²) >= 11 is 11.7. The molecule has 0 aliphatic carbocycles. The zero-order valence-corrected chi connectivity index (χ0v) is 7.89. The Morgan fingerprint density at radius 1 is 1.33 bits per heavy atom. The molecule has 4 heteroatoms. The van der Waals surface area contributed by atoms with Crippen molar-refractivity contribution in [1.82, 2.24) is 0 Å². The van der Waals surface area contributed by atoms with Gasteiger partial charge in [-0.2, -0.15) is 0 Å². The number of hydrogen-bond donors (Lipinski definition) is 1. The van der Waals surface area contributed by atoms with Gasteiger partial charge in [0.15, 0.2) is 0 Å². The maximum Gasteiger partial charge on any atom is 0.0866 e. The molecule has 0 bridgehead atoms. The van der Waals surface area contributed by atoms with E-state index in [1.165, 1.54) is 0 Å². The van der Waals surface area contributed by atoms with E-state index < -0.39 is 0 Å². The van der Waals surface area contributed by atoms with E-state index in [2.05, 4.69) is 5.16 Å². The second kappa shape index (κ2) is 3.78. The molecule has 0 amide bonds. The molecule has 0 saturated carbocycles. The summed E-state index contributed by atoms with van der Waals surface area (Å²) in [6, 6.07) is 5.12. The van der Waals surface area contributed by atoms with Gasteiger partial charge >= 0.3 is 0 Å². The van der Waals surface area contributed by atoms with Crippen molar-refractivity contribution in [3.8, 4) is 0 Å². The van der Waals surface area contributed by atoms with Gasteiger partial charge in [-0.05, 0) is 19.1 Å². The molecule has 0 spiro atoms. The summed E-state index contributed by atoms with van der Waals surface area (Å²) in [5.74, 6) is 0. The quantitative estimate of drug-likeness (QED) is 0.425. The van der Waals surface area contributed by atoms with Gasteiger partial charge in [0.05, 0.1) is 15.8 Å². The Morgan fingerprint density at radius 2 is 1.83 bits per heavy atom. The average molecular weight is 204 g/mol. The maximum atomic E-state index is 8.51. The number of halogens is 2. The minimum Gasteiger partial charge on any atom is -0.411 e. The fourth-order valence-electron chi connectivity index (χ4n) is 0.893. The Hall–Kier alpha value is -0.730. The van der Waals surface area contributed by atoms with Crippen LogP contribution in [0.4, 0.5) is 0 Å². The normalized spacial score (nSPS) is 11.8. The maximum absolute atomic E-state index is 8.51. The second-order valence-corrected chi connectivity index (χ2v) is 3.10. The molecule has 0 saturated heterocycles. The van der Waals surface area contributed by atoms with Gasteiger partial charge in [-0.25, -0.2) is 0 Å². The van der Waals surface area contributed by atoms with Gasteiger partial charge < -0.3 is 5.21 Å². The highest BCUT2D eigenvalue weighted by molar-refractivity contribution is 6.40. The van der Waals surface area contributed by atoms with E-state index in [9.17, 15) is 0 Å². The topological polar surface area (TPSA) is 32.6 Å². The Balaban J connectivity index is 3.31. The van der Waals surface area contributed by atoms with Gasteiger partial charge in [0.2, 0.25) is 0 Å². The smallest absolute Gasteiger partial charge is 0.0866 e. The second-order valence-electron chi connectivity index (χ2n) is 2.28. The lowest BCUT2D eigenvalue weighted by Crippen LogP contribution is -1.96. The zero-order chi connectivity index (χ0) is 9.14. The van der Waals surface area contributed by atoms with Gasteiger partial charge in [0, 0.05) is 5.56 Å². The van der Waals surface area contributed by atoms with Gasteiger partial charge in [0.25, 0.3) is 0 Å². The minimum atomic E-state index is 0.408. The third-order valence-electron chi connectivity index (χ3n) is 1.47. The van der Waals surface area contributed by atoms with Crippen molar-refractivity contribution in [1.29, 1.82) is 0 Å². The first kappa shape index (κ1) is 9.36. The van der Waals surface area contributed by atoms with Gasteiger partial charge in [-0.3, -0.25) is 0 Å². The van der Waals surface area contributed by atoms with E-state index in [0.717, 1.165) is 0 Å². The molecule has 0 aliphatic heterocycles. The summed E-state index contributed by atoms with van der Waals surface area (Å²) in [5.41, 5.74) is 0.980. The van der Waals surface area contributed by atoms with Crippen LogP contribution in [0.1, 0.15) is 12.5 Å². The van der Waals surface area contributed by atoms with Crippen molar-refractivity contribution in [2.24, 2.45) is 5.16 Å². The molecule has 64 valence electrons. The fourth-order valence-corrected chi connectivity index (χ4v) is 1.56. The first-order valence-electron chi connectivity index (χ1n) is 3.30. The predicted octanol–water partition coefficient (Wildman–Crippen LogP) is 3.19. The van der Waals surface area contributed by atoms with Crippen molar-refractivity contribution in [3.63, 3.8) is 0 Å². The third-order valence-corrected chi connectivity index (χ3v) is 2.10. The lowest BCUT2D eigenvalue weighted by atomic mass is 10.1. The van der Waals surface area contributed by atoms with E-state index >= 15 is 0 Å². The lowest BCUT2D eigenvalue weighted by Gasteiger charge is -2.03. The number of nitrogens with zero attached hydrogens (tertiary/aromatic N) is 1.